The van der Waals surface area contributed by atoms with Gasteiger partial charge in [-0.2, -0.15) is 0 Å². The van der Waals surface area contributed by atoms with Gasteiger partial charge in [0, 0.05) is 66.9 Å². The van der Waals surface area contributed by atoms with Crippen molar-refractivity contribution in [2.24, 2.45) is 11.8 Å². The van der Waals surface area contributed by atoms with Crippen LogP contribution in [0.25, 0.3) is 0 Å². The highest BCUT2D eigenvalue weighted by molar-refractivity contribution is 6.15. The standard InChI is InChI=1S/C22H27NO2.C17H25N3O.2C2H6.CH3Cl/c1-2-13-23-14-7-11-20(16-23)22(24)19-10-6-12-21(15-19)25-17-18-8-4-3-5-9-18;1-3-8-20-9-4-5-14(12-20)17(21)13-6-7-16(19-2)15(10-13)11-18;3*1-2/h3-6,8-10,12,15,20H,2,7,11,13-14,16-17H2,1H3;6-7,10-11,14,18-19H,3-5,8-9,12H2,1-2H3;2*1-2H3;1H3. The van der Waals surface area contributed by atoms with Crippen LogP contribution >= 0.6 is 11.6 Å². The second kappa shape index (κ2) is 28.0. The number of hydrogen-bond acceptors (Lipinski definition) is 7. The summed E-state index contributed by atoms with van der Waals surface area (Å²) < 4.78 is 5.87. The van der Waals surface area contributed by atoms with E-state index in [0.29, 0.717) is 6.61 Å². The number of carbonyl (C=O) groups excluding carboxylic acids is 2. The number of halogens is 1. The highest BCUT2D eigenvalue weighted by atomic mass is 35.5. The lowest BCUT2D eigenvalue weighted by atomic mass is 9.89. The lowest BCUT2D eigenvalue weighted by Gasteiger charge is -2.31. The number of Topliss-reactive ketones (excluding diaryl/α,β-unsaturated/α-hetero) is 2. The zero-order valence-electron chi connectivity index (χ0n) is 33.3. The third kappa shape index (κ3) is 15.6. The molecule has 0 amide bonds. The maximum absolute atomic E-state index is 12.9. The van der Waals surface area contributed by atoms with E-state index >= 15 is 0 Å². The van der Waals surface area contributed by atoms with Crippen molar-refractivity contribution in [3.05, 3.63) is 95.1 Å². The van der Waals surface area contributed by atoms with E-state index in [2.05, 4.69) is 40.6 Å². The molecule has 0 aromatic heterocycles. The second-order valence-corrected chi connectivity index (χ2v) is 12.5. The van der Waals surface area contributed by atoms with Gasteiger partial charge in [-0.3, -0.25) is 9.59 Å². The largest absolute Gasteiger partial charge is 0.489 e. The Bertz CT molecular complexity index is 1410. The van der Waals surface area contributed by atoms with Crippen LogP contribution in [-0.4, -0.2) is 80.3 Å². The molecule has 3 aromatic rings. The van der Waals surface area contributed by atoms with Gasteiger partial charge in [0.05, 0.1) is 0 Å². The van der Waals surface area contributed by atoms with Gasteiger partial charge in [-0.15, -0.1) is 11.6 Å². The average molecular weight is 735 g/mol. The Hall–Kier alpha value is -3.52. The average Bonchev–Trinajstić information content (AvgIpc) is 3.22. The van der Waals surface area contributed by atoms with E-state index in [1.54, 1.807) is 0 Å². The van der Waals surface area contributed by atoms with Crippen LogP contribution < -0.4 is 10.1 Å². The van der Waals surface area contributed by atoms with Crippen molar-refractivity contribution in [3.63, 3.8) is 0 Å². The quantitative estimate of drug-likeness (QED) is 0.103. The third-order valence-electron chi connectivity index (χ3n) is 8.96. The number of rotatable bonds is 13. The molecule has 0 saturated carbocycles. The summed E-state index contributed by atoms with van der Waals surface area (Å²) in [5, 5.41) is 10.5. The van der Waals surface area contributed by atoms with Crippen molar-refractivity contribution in [2.45, 2.75) is 86.7 Å². The molecule has 2 heterocycles. The second-order valence-electron chi connectivity index (χ2n) is 12.5. The number of hydrogen-bond donors (Lipinski definition) is 2. The molecular weight excluding hydrogens is 668 g/mol. The number of nitrogens with zero attached hydrogens (tertiary/aromatic N) is 2. The van der Waals surface area contributed by atoms with Crippen molar-refractivity contribution >= 4 is 35.1 Å². The third-order valence-corrected chi connectivity index (χ3v) is 8.96. The number of alkyl halides is 1. The van der Waals surface area contributed by atoms with Gasteiger partial charge in [0.15, 0.2) is 11.6 Å². The van der Waals surface area contributed by atoms with Crippen LogP contribution in [0.2, 0.25) is 0 Å². The summed E-state index contributed by atoms with van der Waals surface area (Å²) in [4.78, 5) is 30.4. The topological polar surface area (TPSA) is 85.7 Å². The number of anilines is 1. The number of piperidine rings is 2. The Balaban J connectivity index is 0.000000460. The molecule has 3 aromatic carbocycles. The molecule has 2 fully saturated rings. The summed E-state index contributed by atoms with van der Waals surface area (Å²) in [7, 11) is 1.83. The van der Waals surface area contributed by atoms with Crippen LogP contribution in [0.15, 0.2) is 72.8 Å². The van der Waals surface area contributed by atoms with E-state index in [-0.39, 0.29) is 23.4 Å². The summed E-state index contributed by atoms with van der Waals surface area (Å²) >= 11 is 4.64. The minimum atomic E-state index is 0.101. The number of ketones is 2. The summed E-state index contributed by atoms with van der Waals surface area (Å²) in [6, 6.07) is 23.3. The molecule has 2 N–H and O–H groups in total. The molecule has 0 spiro atoms. The van der Waals surface area contributed by atoms with Gasteiger partial charge in [-0.1, -0.05) is 84.0 Å². The molecule has 8 heteroatoms. The predicted molar refractivity (Wildman–Crippen MR) is 223 cm³/mol. The zero-order chi connectivity index (χ0) is 38.7. The molecule has 288 valence electrons. The summed E-state index contributed by atoms with van der Waals surface area (Å²) in [5.41, 5.74) is 4.29. The molecule has 0 aliphatic carbocycles. The summed E-state index contributed by atoms with van der Waals surface area (Å²) in [6.45, 7) is 19.1. The van der Waals surface area contributed by atoms with E-state index in [9.17, 15) is 9.59 Å². The normalized spacial score (nSPS) is 16.8. The molecule has 2 aliphatic rings. The van der Waals surface area contributed by atoms with Gasteiger partial charge in [0.2, 0.25) is 0 Å². The van der Waals surface area contributed by atoms with Crippen molar-refractivity contribution in [1.82, 2.24) is 9.80 Å². The SMILES string of the molecule is CC.CC.CCCN1CCCC(C(=O)c2ccc(NC)c(C=N)c2)C1.CCCN1CCCC(C(=O)c2cccc(OCc3ccccc3)c2)C1.CCl. The maximum atomic E-state index is 12.9. The molecular formula is C44H67ClN4O3. The van der Waals surface area contributed by atoms with Crippen LogP contribution in [-0.2, 0) is 6.61 Å². The van der Waals surface area contributed by atoms with Gasteiger partial charge in [0.25, 0.3) is 0 Å². The number of nitrogens with one attached hydrogen (secondary N) is 2. The van der Waals surface area contributed by atoms with Crippen LogP contribution in [0.1, 0.15) is 112 Å². The fraction of sp³-hybridized carbons (Fsp3) is 0.523. The van der Waals surface area contributed by atoms with Crippen LogP contribution in [0.5, 0.6) is 5.75 Å². The first kappa shape index (κ1) is 46.5. The van der Waals surface area contributed by atoms with Crippen LogP contribution in [0, 0.1) is 17.2 Å². The Morgan fingerprint density at radius 1 is 0.788 bits per heavy atom. The summed E-state index contributed by atoms with van der Waals surface area (Å²) in [5.74, 6) is 1.46. The molecule has 2 saturated heterocycles. The molecule has 52 heavy (non-hydrogen) atoms. The lowest BCUT2D eigenvalue weighted by molar-refractivity contribution is 0.0813. The Labute approximate surface area is 321 Å². The van der Waals surface area contributed by atoms with Crippen LogP contribution in [0.3, 0.4) is 0 Å². The Morgan fingerprint density at radius 2 is 1.33 bits per heavy atom. The Morgan fingerprint density at radius 3 is 1.83 bits per heavy atom. The maximum Gasteiger partial charge on any atom is 0.167 e. The fourth-order valence-corrected chi connectivity index (χ4v) is 6.59. The smallest absolute Gasteiger partial charge is 0.167 e. The van der Waals surface area contributed by atoms with Gasteiger partial charge in [0.1, 0.15) is 12.4 Å². The fourth-order valence-electron chi connectivity index (χ4n) is 6.59. The zero-order valence-corrected chi connectivity index (χ0v) is 34.1. The number of carbonyl (C=O) groups is 2. The van der Waals surface area contributed by atoms with Gasteiger partial charge in [-0.25, -0.2) is 0 Å². The number of ether oxygens (including phenoxy) is 1. The first-order valence-electron chi connectivity index (χ1n) is 19.5. The molecule has 0 radical (unpaired) electrons. The Kier molecular flexibility index (Phi) is 25.1. The molecule has 7 nitrogen and oxygen atoms in total. The van der Waals surface area contributed by atoms with Crippen molar-refractivity contribution in [1.29, 1.82) is 5.41 Å². The highest BCUT2D eigenvalue weighted by Gasteiger charge is 2.27. The van der Waals surface area contributed by atoms with Gasteiger partial charge >= 0.3 is 0 Å². The van der Waals surface area contributed by atoms with Crippen molar-refractivity contribution < 1.29 is 14.3 Å². The van der Waals surface area contributed by atoms with Gasteiger partial charge in [-0.05, 0) is 101 Å². The number of benzene rings is 3. The first-order valence-corrected chi connectivity index (χ1v) is 20.2. The van der Waals surface area contributed by atoms with E-state index < -0.39 is 0 Å². The monoisotopic (exact) mass is 734 g/mol. The van der Waals surface area contributed by atoms with E-state index in [0.717, 1.165) is 111 Å². The van der Waals surface area contributed by atoms with E-state index in [1.807, 2.05) is 108 Å². The number of likely N-dealkylation sites (tertiary alicyclic amines) is 2. The highest BCUT2D eigenvalue weighted by Crippen LogP contribution is 2.25. The molecule has 2 unspecified atom stereocenters. The van der Waals surface area contributed by atoms with Crippen molar-refractivity contribution in [2.75, 3.05) is 58.0 Å². The van der Waals surface area contributed by atoms with Crippen LogP contribution in [0.4, 0.5) is 5.69 Å². The predicted octanol–water partition coefficient (Wildman–Crippen LogP) is 10.5. The summed E-state index contributed by atoms with van der Waals surface area (Å²) in [6.07, 6.45) is 9.23. The minimum Gasteiger partial charge on any atom is -0.489 e. The minimum absolute atomic E-state index is 0.101. The molecule has 2 aliphatic heterocycles. The van der Waals surface area contributed by atoms with E-state index in [4.69, 9.17) is 10.1 Å². The lowest BCUT2D eigenvalue weighted by Crippen LogP contribution is -2.39. The molecule has 5 rings (SSSR count). The first-order chi connectivity index (χ1) is 25.4. The molecule has 2 atom stereocenters. The van der Waals surface area contributed by atoms with E-state index in [1.165, 1.54) is 12.6 Å². The molecule has 0 bridgehead atoms. The van der Waals surface area contributed by atoms with Crippen molar-refractivity contribution in [3.8, 4) is 5.75 Å². The van der Waals surface area contributed by atoms with Gasteiger partial charge < -0.3 is 25.3 Å².